The Morgan fingerprint density at radius 2 is 1.57 bits per heavy atom. The summed E-state index contributed by atoms with van der Waals surface area (Å²) in [5.74, 6) is -1.06. The van der Waals surface area contributed by atoms with Crippen LogP contribution in [0.25, 0.3) is 5.76 Å². The number of nitrogens with zero attached hydrogens (tertiary/aromatic N) is 1. The fraction of sp³-hybridized carbons (Fsp3) is 0.0833. The number of aliphatic hydroxyl groups excluding tert-OH is 1. The number of hydrogen-bond donors (Lipinski definition) is 1. The number of carbonyl (C=O) groups is 2. The van der Waals surface area contributed by atoms with E-state index in [1.807, 2.05) is 30.3 Å². The van der Waals surface area contributed by atoms with E-state index in [1.54, 1.807) is 55.6 Å². The number of Topliss-reactive ketones (excluding diaryl/α,β-unsaturated/α-hetero) is 1. The molecule has 150 valence electrons. The number of hydrogen-bond acceptors (Lipinski definition) is 4. The first-order chi connectivity index (χ1) is 14.5. The molecule has 3 aromatic rings. The van der Waals surface area contributed by atoms with Crippen molar-refractivity contribution in [2.45, 2.75) is 6.04 Å². The first-order valence-electron chi connectivity index (χ1n) is 9.27. The molecule has 1 N–H and O–H groups in total. The second-order valence-corrected chi connectivity index (χ2v) is 7.22. The molecule has 6 heteroatoms. The standard InChI is InChI=1S/C24H18ClNO4/c1-30-19-13-11-18(12-14-19)26-21(15-5-3-2-4-6-15)20(23(28)24(26)29)22(27)16-7-9-17(25)10-8-16/h2-14,21,27H,1H3/b22-20-. The first-order valence-corrected chi connectivity index (χ1v) is 9.65. The van der Waals surface area contributed by atoms with Crippen LogP contribution in [0.3, 0.4) is 0 Å². The molecule has 0 saturated carbocycles. The number of benzene rings is 3. The molecule has 1 heterocycles. The van der Waals surface area contributed by atoms with Gasteiger partial charge in [0, 0.05) is 16.3 Å². The Balaban J connectivity index is 1.90. The molecule has 1 aliphatic rings. The van der Waals surface area contributed by atoms with E-state index in [-0.39, 0.29) is 11.3 Å². The highest BCUT2D eigenvalue weighted by atomic mass is 35.5. The molecule has 1 unspecified atom stereocenters. The quantitative estimate of drug-likeness (QED) is 0.368. The Bertz CT molecular complexity index is 1120. The Kier molecular flexibility index (Phi) is 5.29. The lowest BCUT2D eigenvalue weighted by Crippen LogP contribution is -2.29. The zero-order chi connectivity index (χ0) is 21.3. The molecule has 1 saturated heterocycles. The Morgan fingerprint density at radius 3 is 2.17 bits per heavy atom. The van der Waals surface area contributed by atoms with E-state index in [4.69, 9.17) is 16.3 Å². The van der Waals surface area contributed by atoms with Crippen LogP contribution in [-0.4, -0.2) is 23.9 Å². The predicted octanol–water partition coefficient (Wildman–Crippen LogP) is 4.97. The summed E-state index contributed by atoms with van der Waals surface area (Å²) >= 11 is 5.94. The van der Waals surface area contributed by atoms with Crippen molar-refractivity contribution < 1.29 is 19.4 Å². The van der Waals surface area contributed by atoms with Crippen molar-refractivity contribution in [3.63, 3.8) is 0 Å². The highest BCUT2D eigenvalue weighted by Crippen LogP contribution is 2.42. The molecule has 0 spiro atoms. The zero-order valence-electron chi connectivity index (χ0n) is 16.1. The molecule has 0 aromatic heterocycles. The topological polar surface area (TPSA) is 66.8 Å². The average Bonchev–Trinajstić information content (AvgIpc) is 3.05. The van der Waals surface area contributed by atoms with Gasteiger partial charge in [0.25, 0.3) is 11.7 Å². The third-order valence-corrected chi connectivity index (χ3v) is 5.28. The van der Waals surface area contributed by atoms with Crippen molar-refractivity contribution in [2.75, 3.05) is 12.0 Å². The van der Waals surface area contributed by atoms with E-state index in [2.05, 4.69) is 0 Å². The van der Waals surface area contributed by atoms with E-state index >= 15 is 0 Å². The maximum Gasteiger partial charge on any atom is 0.300 e. The maximum absolute atomic E-state index is 13.0. The van der Waals surface area contributed by atoms with Gasteiger partial charge in [-0.25, -0.2) is 0 Å². The average molecular weight is 420 g/mol. The summed E-state index contributed by atoms with van der Waals surface area (Å²) in [5.41, 5.74) is 1.68. The van der Waals surface area contributed by atoms with Gasteiger partial charge in [0.15, 0.2) is 0 Å². The fourth-order valence-electron chi connectivity index (χ4n) is 3.56. The van der Waals surface area contributed by atoms with Crippen LogP contribution in [0.5, 0.6) is 5.75 Å². The second kappa shape index (κ2) is 8.05. The lowest BCUT2D eigenvalue weighted by Gasteiger charge is -2.25. The highest BCUT2D eigenvalue weighted by Gasteiger charge is 2.46. The van der Waals surface area contributed by atoms with Gasteiger partial charge < -0.3 is 9.84 Å². The molecule has 4 rings (SSSR count). The minimum Gasteiger partial charge on any atom is -0.507 e. The van der Waals surface area contributed by atoms with Crippen LogP contribution in [0.4, 0.5) is 5.69 Å². The number of ether oxygens (including phenoxy) is 1. The Morgan fingerprint density at radius 1 is 0.933 bits per heavy atom. The molecule has 0 bridgehead atoms. The Hall–Kier alpha value is -3.57. The van der Waals surface area contributed by atoms with E-state index < -0.39 is 17.7 Å². The molecule has 0 aliphatic carbocycles. The minimum atomic E-state index is -0.768. The van der Waals surface area contributed by atoms with Crippen LogP contribution in [0.15, 0.2) is 84.4 Å². The van der Waals surface area contributed by atoms with Crippen molar-refractivity contribution >= 4 is 34.7 Å². The number of ketones is 1. The monoisotopic (exact) mass is 419 g/mol. The summed E-state index contributed by atoms with van der Waals surface area (Å²) in [6, 6.07) is 21.7. The summed E-state index contributed by atoms with van der Waals surface area (Å²) in [4.78, 5) is 27.4. The Labute approximate surface area is 178 Å². The van der Waals surface area contributed by atoms with E-state index in [9.17, 15) is 14.7 Å². The molecular weight excluding hydrogens is 402 g/mol. The summed E-state index contributed by atoms with van der Waals surface area (Å²) in [7, 11) is 1.55. The number of anilines is 1. The second-order valence-electron chi connectivity index (χ2n) is 6.78. The van der Waals surface area contributed by atoms with Crippen molar-refractivity contribution in [2.24, 2.45) is 0 Å². The number of rotatable bonds is 4. The zero-order valence-corrected chi connectivity index (χ0v) is 16.8. The third-order valence-electron chi connectivity index (χ3n) is 5.03. The van der Waals surface area contributed by atoms with Crippen molar-refractivity contribution in [3.05, 3.63) is 101 Å². The minimum absolute atomic E-state index is 0.0318. The van der Waals surface area contributed by atoms with Gasteiger partial charge in [0.2, 0.25) is 0 Å². The molecule has 1 fully saturated rings. The lowest BCUT2D eigenvalue weighted by atomic mass is 9.95. The van der Waals surface area contributed by atoms with Gasteiger partial charge in [-0.2, -0.15) is 0 Å². The molecule has 3 aromatic carbocycles. The lowest BCUT2D eigenvalue weighted by molar-refractivity contribution is -0.132. The third kappa shape index (κ3) is 3.44. The molecule has 1 atom stereocenters. The van der Waals surface area contributed by atoms with E-state index in [0.717, 1.165) is 0 Å². The van der Waals surface area contributed by atoms with Crippen LogP contribution in [0.1, 0.15) is 17.2 Å². The SMILES string of the molecule is COc1ccc(N2C(=O)C(=O)/C(=C(\O)c3ccc(Cl)cc3)C2c2ccccc2)cc1. The number of amides is 1. The van der Waals surface area contributed by atoms with Gasteiger partial charge in [0.05, 0.1) is 18.7 Å². The predicted molar refractivity (Wildman–Crippen MR) is 116 cm³/mol. The molecule has 1 aliphatic heterocycles. The molecular formula is C24H18ClNO4. The summed E-state index contributed by atoms with van der Waals surface area (Å²) in [6.45, 7) is 0. The van der Waals surface area contributed by atoms with Gasteiger partial charge >= 0.3 is 0 Å². The van der Waals surface area contributed by atoms with Crippen molar-refractivity contribution in [3.8, 4) is 5.75 Å². The molecule has 1 amide bonds. The maximum atomic E-state index is 13.0. The van der Waals surface area contributed by atoms with E-state index in [1.165, 1.54) is 4.90 Å². The van der Waals surface area contributed by atoms with Gasteiger partial charge in [0.1, 0.15) is 11.5 Å². The number of methoxy groups -OCH3 is 1. The smallest absolute Gasteiger partial charge is 0.300 e. The normalized spacial score (nSPS) is 17.9. The van der Waals surface area contributed by atoms with Gasteiger partial charge in [-0.15, -0.1) is 0 Å². The van der Waals surface area contributed by atoms with Crippen LogP contribution < -0.4 is 9.64 Å². The molecule has 30 heavy (non-hydrogen) atoms. The van der Waals surface area contributed by atoms with Crippen LogP contribution >= 0.6 is 11.6 Å². The first kappa shape index (κ1) is 19.7. The highest BCUT2D eigenvalue weighted by molar-refractivity contribution is 6.51. The summed E-state index contributed by atoms with van der Waals surface area (Å²) in [6.07, 6.45) is 0. The largest absolute Gasteiger partial charge is 0.507 e. The van der Waals surface area contributed by atoms with Gasteiger partial charge in [-0.1, -0.05) is 41.9 Å². The fourth-order valence-corrected chi connectivity index (χ4v) is 3.68. The van der Waals surface area contributed by atoms with Gasteiger partial charge in [-0.05, 0) is 54.1 Å². The number of halogens is 1. The number of aliphatic hydroxyl groups is 1. The van der Waals surface area contributed by atoms with Crippen LogP contribution in [0, 0.1) is 0 Å². The van der Waals surface area contributed by atoms with Crippen LogP contribution in [-0.2, 0) is 9.59 Å². The summed E-state index contributed by atoms with van der Waals surface area (Å²) < 4.78 is 5.19. The van der Waals surface area contributed by atoms with Crippen molar-refractivity contribution in [1.29, 1.82) is 0 Å². The molecule has 5 nitrogen and oxygen atoms in total. The number of carbonyl (C=O) groups excluding carboxylic acids is 2. The molecule has 0 radical (unpaired) electrons. The van der Waals surface area contributed by atoms with Gasteiger partial charge in [-0.3, -0.25) is 14.5 Å². The van der Waals surface area contributed by atoms with Crippen molar-refractivity contribution in [1.82, 2.24) is 0 Å². The van der Waals surface area contributed by atoms with E-state index in [0.29, 0.717) is 27.6 Å². The summed E-state index contributed by atoms with van der Waals surface area (Å²) in [5, 5.41) is 11.5. The van der Waals surface area contributed by atoms with Crippen LogP contribution in [0.2, 0.25) is 5.02 Å².